The predicted molar refractivity (Wildman–Crippen MR) is 59.3 cm³/mol. The van der Waals surface area contributed by atoms with Crippen molar-refractivity contribution >= 4 is 11.9 Å². The summed E-state index contributed by atoms with van der Waals surface area (Å²) in [6.45, 7) is 5.21. The molecular formula is C12H17NO3. The van der Waals surface area contributed by atoms with Crippen LogP contribution >= 0.6 is 0 Å². The molecule has 0 bridgehead atoms. The highest BCUT2D eigenvalue weighted by atomic mass is 16.5. The fourth-order valence-electron chi connectivity index (χ4n) is 1.78. The predicted octanol–water partition coefficient (Wildman–Crippen LogP) is 0.667. The number of esters is 1. The quantitative estimate of drug-likeness (QED) is 0.520. The van der Waals surface area contributed by atoms with Crippen LogP contribution in [0.2, 0.25) is 0 Å². The number of hydrogen-bond acceptors (Lipinski definition) is 3. The van der Waals surface area contributed by atoms with Crippen molar-refractivity contribution in [2.75, 3.05) is 19.7 Å². The van der Waals surface area contributed by atoms with Crippen molar-refractivity contribution < 1.29 is 14.3 Å². The summed E-state index contributed by atoms with van der Waals surface area (Å²) in [5.74, 6) is 1.96. The van der Waals surface area contributed by atoms with E-state index in [-0.39, 0.29) is 30.8 Å². The van der Waals surface area contributed by atoms with Crippen LogP contribution in [0, 0.1) is 24.2 Å². The van der Waals surface area contributed by atoms with E-state index in [1.165, 1.54) is 0 Å². The Labute approximate surface area is 95.9 Å². The van der Waals surface area contributed by atoms with Gasteiger partial charge in [0.15, 0.2) is 6.61 Å². The molecule has 0 spiro atoms. The van der Waals surface area contributed by atoms with Crippen molar-refractivity contribution in [3.63, 3.8) is 0 Å². The Morgan fingerprint density at radius 3 is 2.94 bits per heavy atom. The third-order valence-electron chi connectivity index (χ3n) is 2.43. The average Bonchev–Trinajstić information content (AvgIpc) is 2.56. The van der Waals surface area contributed by atoms with E-state index in [1.807, 2.05) is 13.8 Å². The lowest BCUT2D eigenvalue weighted by Crippen LogP contribution is -2.30. The molecule has 0 aromatic rings. The first kappa shape index (κ1) is 12.6. The molecule has 4 heteroatoms. The molecule has 1 fully saturated rings. The third kappa shape index (κ3) is 3.27. The van der Waals surface area contributed by atoms with Crippen LogP contribution in [-0.2, 0) is 14.3 Å². The molecule has 1 atom stereocenters. The molecule has 0 radical (unpaired) electrons. The summed E-state index contributed by atoms with van der Waals surface area (Å²) in [6.07, 6.45) is 5.24. The summed E-state index contributed by atoms with van der Waals surface area (Å²) < 4.78 is 4.82. The van der Waals surface area contributed by atoms with Crippen LogP contribution in [0.25, 0.3) is 0 Å². The number of ether oxygens (including phenoxy) is 1. The Balaban J connectivity index is 2.46. The lowest BCUT2D eigenvalue weighted by molar-refractivity contribution is -0.146. The summed E-state index contributed by atoms with van der Waals surface area (Å²) in [4.78, 5) is 24.8. The van der Waals surface area contributed by atoms with Gasteiger partial charge in [-0.25, -0.2) is 0 Å². The Hall–Kier alpha value is -1.50. The highest BCUT2D eigenvalue weighted by molar-refractivity contribution is 5.86. The van der Waals surface area contributed by atoms with Gasteiger partial charge in [0.25, 0.3) is 0 Å². The van der Waals surface area contributed by atoms with E-state index in [0.29, 0.717) is 19.0 Å². The molecule has 16 heavy (non-hydrogen) atoms. The highest BCUT2D eigenvalue weighted by Gasteiger charge is 2.35. The minimum atomic E-state index is -0.363. The van der Waals surface area contributed by atoms with Gasteiger partial charge in [0.2, 0.25) is 5.91 Å². The minimum absolute atomic E-state index is 0.0201. The number of hydrogen-bond donors (Lipinski definition) is 0. The highest BCUT2D eigenvalue weighted by Crippen LogP contribution is 2.20. The van der Waals surface area contributed by atoms with Crippen LogP contribution in [0.1, 0.15) is 20.3 Å². The molecule has 1 saturated heterocycles. The van der Waals surface area contributed by atoms with E-state index in [2.05, 4.69) is 5.92 Å². The molecule has 1 aliphatic heterocycles. The van der Waals surface area contributed by atoms with E-state index in [9.17, 15) is 9.59 Å². The lowest BCUT2D eigenvalue weighted by atomic mass is 10.1. The fourth-order valence-corrected chi connectivity index (χ4v) is 1.78. The van der Waals surface area contributed by atoms with Crippen LogP contribution in [0.3, 0.4) is 0 Å². The molecule has 1 amide bonds. The summed E-state index contributed by atoms with van der Waals surface area (Å²) in [6, 6.07) is 0. The monoisotopic (exact) mass is 223 g/mol. The maximum Gasteiger partial charge on any atom is 0.312 e. The largest absolute Gasteiger partial charge is 0.452 e. The Morgan fingerprint density at radius 1 is 1.69 bits per heavy atom. The summed E-state index contributed by atoms with van der Waals surface area (Å²) >= 11 is 0. The maximum absolute atomic E-state index is 11.6. The topological polar surface area (TPSA) is 46.6 Å². The van der Waals surface area contributed by atoms with Gasteiger partial charge in [-0.15, -0.1) is 6.42 Å². The van der Waals surface area contributed by atoms with Crippen LogP contribution in [-0.4, -0.2) is 36.5 Å². The number of amides is 1. The second-order valence-electron chi connectivity index (χ2n) is 4.41. The van der Waals surface area contributed by atoms with Crippen molar-refractivity contribution in [1.82, 2.24) is 4.90 Å². The average molecular weight is 223 g/mol. The Morgan fingerprint density at radius 2 is 2.38 bits per heavy atom. The van der Waals surface area contributed by atoms with Gasteiger partial charge in [-0.05, 0) is 5.92 Å². The van der Waals surface area contributed by atoms with Gasteiger partial charge < -0.3 is 9.64 Å². The van der Waals surface area contributed by atoms with E-state index in [4.69, 9.17) is 11.2 Å². The zero-order chi connectivity index (χ0) is 12.1. The third-order valence-corrected chi connectivity index (χ3v) is 2.43. The van der Waals surface area contributed by atoms with E-state index >= 15 is 0 Å². The van der Waals surface area contributed by atoms with E-state index in [0.717, 1.165) is 0 Å². The standard InChI is InChI=1S/C12H17NO3/c1-4-5-16-12(15)10-6-11(14)13(8-10)7-9(2)3/h1,9-10H,5-8H2,2-3H3/t10-/m1/s1. The number of carbonyl (C=O) groups is 2. The van der Waals surface area contributed by atoms with Crippen molar-refractivity contribution in [2.45, 2.75) is 20.3 Å². The van der Waals surface area contributed by atoms with Crippen molar-refractivity contribution in [3.05, 3.63) is 0 Å². The summed E-state index contributed by atoms with van der Waals surface area (Å²) in [5, 5.41) is 0. The number of terminal acetylenes is 1. The summed E-state index contributed by atoms with van der Waals surface area (Å²) in [5.41, 5.74) is 0. The first-order valence-electron chi connectivity index (χ1n) is 5.42. The van der Waals surface area contributed by atoms with Gasteiger partial charge in [-0.1, -0.05) is 19.8 Å². The van der Waals surface area contributed by atoms with Crippen molar-refractivity contribution in [2.24, 2.45) is 11.8 Å². The maximum atomic E-state index is 11.6. The number of carbonyl (C=O) groups excluding carboxylic acids is 2. The van der Waals surface area contributed by atoms with Crippen molar-refractivity contribution in [3.8, 4) is 12.3 Å². The molecule has 0 saturated carbocycles. The number of likely N-dealkylation sites (tertiary alicyclic amines) is 1. The zero-order valence-corrected chi connectivity index (χ0v) is 9.73. The van der Waals surface area contributed by atoms with E-state index in [1.54, 1.807) is 4.90 Å². The molecule has 0 unspecified atom stereocenters. The molecule has 1 aliphatic rings. The fraction of sp³-hybridized carbons (Fsp3) is 0.667. The second kappa shape index (κ2) is 5.55. The van der Waals surface area contributed by atoms with Gasteiger partial charge >= 0.3 is 5.97 Å². The summed E-state index contributed by atoms with van der Waals surface area (Å²) in [7, 11) is 0. The normalized spacial score (nSPS) is 20.0. The number of nitrogens with zero attached hydrogens (tertiary/aromatic N) is 1. The van der Waals surface area contributed by atoms with Crippen LogP contribution in [0.15, 0.2) is 0 Å². The molecular weight excluding hydrogens is 206 g/mol. The SMILES string of the molecule is C#CCOC(=O)[C@@H]1CC(=O)N(CC(C)C)C1. The second-order valence-corrected chi connectivity index (χ2v) is 4.41. The van der Waals surface area contributed by atoms with Gasteiger partial charge in [0, 0.05) is 19.5 Å². The molecule has 88 valence electrons. The van der Waals surface area contributed by atoms with Crippen LogP contribution in [0.4, 0.5) is 0 Å². The van der Waals surface area contributed by atoms with Crippen molar-refractivity contribution in [1.29, 1.82) is 0 Å². The Kier molecular flexibility index (Phi) is 4.36. The van der Waals surface area contributed by atoms with Gasteiger partial charge in [-0.2, -0.15) is 0 Å². The van der Waals surface area contributed by atoms with Crippen LogP contribution in [0.5, 0.6) is 0 Å². The first-order chi connectivity index (χ1) is 7.54. The molecule has 1 heterocycles. The van der Waals surface area contributed by atoms with Gasteiger partial charge in [0.1, 0.15) is 0 Å². The molecule has 0 aliphatic carbocycles. The van der Waals surface area contributed by atoms with Gasteiger partial charge in [-0.3, -0.25) is 9.59 Å². The van der Waals surface area contributed by atoms with Crippen LogP contribution < -0.4 is 0 Å². The van der Waals surface area contributed by atoms with E-state index < -0.39 is 0 Å². The molecule has 0 N–H and O–H groups in total. The molecule has 0 aromatic heterocycles. The molecule has 0 aromatic carbocycles. The smallest absolute Gasteiger partial charge is 0.312 e. The molecule has 4 nitrogen and oxygen atoms in total. The Bertz CT molecular complexity index is 317. The minimum Gasteiger partial charge on any atom is -0.452 e. The molecule has 1 rings (SSSR count). The lowest BCUT2D eigenvalue weighted by Gasteiger charge is -2.18. The first-order valence-corrected chi connectivity index (χ1v) is 5.42. The number of rotatable bonds is 4. The zero-order valence-electron chi connectivity index (χ0n) is 9.73. The van der Waals surface area contributed by atoms with Gasteiger partial charge in [0.05, 0.1) is 5.92 Å².